The molecule has 1 saturated heterocycles. The third-order valence-corrected chi connectivity index (χ3v) is 3.07. The van der Waals surface area contributed by atoms with E-state index in [1.807, 2.05) is 32.0 Å². The summed E-state index contributed by atoms with van der Waals surface area (Å²) in [4.78, 5) is 10.2. The van der Waals surface area contributed by atoms with E-state index in [0.29, 0.717) is 6.42 Å². The lowest BCUT2D eigenvalue weighted by molar-refractivity contribution is -0.146. The lowest BCUT2D eigenvalue weighted by atomic mass is 10.0. The van der Waals surface area contributed by atoms with Crippen LogP contribution in [-0.2, 0) is 15.9 Å². The SMILES string of the molecule is CC1(C)OC(CCN=O)C(Cc2ccccc2)O1. The molecule has 2 rings (SSSR count). The van der Waals surface area contributed by atoms with Gasteiger partial charge >= 0.3 is 0 Å². The van der Waals surface area contributed by atoms with Crippen molar-refractivity contribution < 1.29 is 9.47 Å². The highest BCUT2D eigenvalue weighted by Gasteiger charge is 2.40. The summed E-state index contributed by atoms with van der Waals surface area (Å²) in [6, 6.07) is 10.2. The molecule has 4 nitrogen and oxygen atoms in total. The van der Waals surface area contributed by atoms with Gasteiger partial charge in [0.05, 0.1) is 18.8 Å². The molecule has 4 heteroatoms. The van der Waals surface area contributed by atoms with Gasteiger partial charge in [-0.25, -0.2) is 0 Å². The normalized spacial score (nSPS) is 26.1. The molecule has 1 aliphatic rings. The first kappa shape index (κ1) is 13.2. The van der Waals surface area contributed by atoms with Crippen molar-refractivity contribution in [2.45, 2.75) is 44.7 Å². The van der Waals surface area contributed by atoms with E-state index in [1.165, 1.54) is 5.56 Å². The standard InChI is InChI=1S/C14H19NO3/c1-14(2)17-12(8-9-15-16)13(18-14)10-11-6-4-3-5-7-11/h3-7,12-13H,8-10H2,1-2H3. The Kier molecular flexibility index (Phi) is 4.09. The van der Waals surface area contributed by atoms with Crippen molar-refractivity contribution in [1.29, 1.82) is 0 Å². The molecule has 0 bridgehead atoms. The van der Waals surface area contributed by atoms with Crippen molar-refractivity contribution >= 4 is 0 Å². The minimum absolute atomic E-state index is 0.0100. The van der Waals surface area contributed by atoms with E-state index in [0.717, 1.165) is 6.42 Å². The molecule has 1 heterocycles. The lowest BCUT2D eigenvalue weighted by Crippen LogP contribution is -2.25. The highest BCUT2D eigenvalue weighted by Crippen LogP contribution is 2.31. The molecule has 0 aliphatic carbocycles. The largest absolute Gasteiger partial charge is 0.344 e. The molecule has 0 N–H and O–H groups in total. The number of nitrogens with zero attached hydrogens (tertiary/aromatic N) is 1. The van der Waals surface area contributed by atoms with Crippen molar-refractivity contribution in [3.63, 3.8) is 0 Å². The molecule has 18 heavy (non-hydrogen) atoms. The van der Waals surface area contributed by atoms with Crippen LogP contribution in [0.2, 0.25) is 0 Å². The number of ether oxygens (including phenoxy) is 2. The van der Waals surface area contributed by atoms with Gasteiger partial charge in [0.1, 0.15) is 0 Å². The van der Waals surface area contributed by atoms with Crippen molar-refractivity contribution in [3.05, 3.63) is 40.8 Å². The van der Waals surface area contributed by atoms with E-state index in [4.69, 9.17) is 9.47 Å². The molecule has 0 radical (unpaired) electrons. The summed E-state index contributed by atoms with van der Waals surface area (Å²) in [7, 11) is 0. The topological polar surface area (TPSA) is 47.9 Å². The summed E-state index contributed by atoms with van der Waals surface area (Å²) in [5.41, 5.74) is 1.22. The predicted octanol–water partition coefficient (Wildman–Crippen LogP) is 2.91. The van der Waals surface area contributed by atoms with Crippen molar-refractivity contribution in [3.8, 4) is 0 Å². The maximum Gasteiger partial charge on any atom is 0.163 e. The highest BCUT2D eigenvalue weighted by atomic mass is 16.7. The first-order valence-corrected chi connectivity index (χ1v) is 6.29. The molecule has 0 saturated carbocycles. The minimum atomic E-state index is -0.576. The third kappa shape index (κ3) is 3.37. The zero-order valence-corrected chi connectivity index (χ0v) is 10.8. The molecule has 1 fully saturated rings. The fourth-order valence-corrected chi connectivity index (χ4v) is 2.35. The van der Waals surface area contributed by atoms with Gasteiger partial charge < -0.3 is 9.47 Å². The van der Waals surface area contributed by atoms with Crippen LogP contribution >= 0.6 is 0 Å². The summed E-state index contributed by atoms with van der Waals surface area (Å²) in [5, 5.41) is 2.90. The summed E-state index contributed by atoms with van der Waals surface area (Å²) in [5.74, 6) is -0.576. The Balaban J connectivity index is 2.02. The average molecular weight is 249 g/mol. The van der Waals surface area contributed by atoms with E-state index < -0.39 is 5.79 Å². The Hall–Kier alpha value is -1.26. The maximum absolute atomic E-state index is 10.2. The minimum Gasteiger partial charge on any atom is -0.344 e. The Labute approximate surface area is 107 Å². The zero-order valence-electron chi connectivity index (χ0n) is 10.8. The Morgan fingerprint density at radius 1 is 1.17 bits per heavy atom. The Morgan fingerprint density at radius 3 is 2.50 bits per heavy atom. The molecule has 98 valence electrons. The molecule has 1 aromatic carbocycles. The molecule has 2 unspecified atom stereocenters. The van der Waals surface area contributed by atoms with Crippen LogP contribution in [-0.4, -0.2) is 24.5 Å². The summed E-state index contributed by atoms with van der Waals surface area (Å²) in [6.45, 7) is 4.08. The predicted molar refractivity (Wildman–Crippen MR) is 69.3 cm³/mol. The second-order valence-corrected chi connectivity index (χ2v) is 5.04. The van der Waals surface area contributed by atoms with Crippen LogP contribution in [0.1, 0.15) is 25.8 Å². The Bertz CT molecular complexity index is 391. The lowest BCUT2D eigenvalue weighted by Gasteiger charge is -2.16. The molecule has 0 aromatic heterocycles. The molecule has 0 spiro atoms. The fourth-order valence-electron chi connectivity index (χ4n) is 2.35. The van der Waals surface area contributed by atoms with Crippen LogP contribution in [0, 0.1) is 4.91 Å². The monoisotopic (exact) mass is 249 g/mol. The Morgan fingerprint density at radius 2 is 1.83 bits per heavy atom. The van der Waals surface area contributed by atoms with E-state index >= 15 is 0 Å². The zero-order chi connectivity index (χ0) is 13.0. The van der Waals surface area contributed by atoms with E-state index in [-0.39, 0.29) is 18.8 Å². The van der Waals surface area contributed by atoms with Gasteiger partial charge in [0, 0.05) is 6.42 Å². The van der Waals surface area contributed by atoms with E-state index in [2.05, 4.69) is 17.3 Å². The van der Waals surface area contributed by atoms with Crippen LogP contribution in [0.15, 0.2) is 35.5 Å². The smallest absolute Gasteiger partial charge is 0.163 e. The quantitative estimate of drug-likeness (QED) is 0.754. The maximum atomic E-state index is 10.2. The van der Waals surface area contributed by atoms with Gasteiger partial charge in [-0.15, -0.1) is 0 Å². The molecule has 0 amide bonds. The number of benzene rings is 1. The van der Waals surface area contributed by atoms with Crippen LogP contribution < -0.4 is 0 Å². The average Bonchev–Trinajstić information content (AvgIpc) is 2.62. The van der Waals surface area contributed by atoms with E-state index in [1.54, 1.807) is 0 Å². The van der Waals surface area contributed by atoms with Gasteiger partial charge in [-0.3, -0.25) is 0 Å². The second kappa shape index (κ2) is 5.59. The number of rotatable bonds is 5. The first-order valence-electron chi connectivity index (χ1n) is 6.29. The van der Waals surface area contributed by atoms with Crippen LogP contribution in [0.25, 0.3) is 0 Å². The van der Waals surface area contributed by atoms with Crippen molar-refractivity contribution in [2.75, 3.05) is 6.54 Å². The van der Waals surface area contributed by atoms with Gasteiger partial charge in [0.25, 0.3) is 0 Å². The number of nitroso groups, excluding NO2 is 1. The van der Waals surface area contributed by atoms with E-state index in [9.17, 15) is 4.91 Å². The van der Waals surface area contributed by atoms with Gasteiger partial charge in [-0.1, -0.05) is 35.5 Å². The van der Waals surface area contributed by atoms with Gasteiger partial charge in [-0.2, -0.15) is 4.91 Å². The molecular weight excluding hydrogens is 230 g/mol. The van der Waals surface area contributed by atoms with Gasteiger partial charge in [-0.05, 0) is 25.8 Å². The van der Waals surface area contributed by atoms with Crippen LogP contribution in [0.4, 0.5) is 0 Å². The number of hydrogen-bond acceptors (Lipinski definition) is 4. The molecule has 1 aliphatic heterocycles. The molecule has 2 atom stereocenters. The summed E-state index contributed by atoms with van der Waals surface area (Å²) >= 11 is 0. The highest BCUT2D eigenvalue weighted by molar-refractivity contribution is 5.16. The van der Waals surface area contributed by atoms with Crippen LogP contribution in [0.5, 0.6) is 0 Å². The van der Waals surface area contributed by atoms with Crippen molar-refractivity contribution in [2.24, 2.45) is 5.18 Å². The van der Waals surface area contributed by atoms with Gasteiger partial charge in [0.15, 0.2) is 5.79 Å². The summed E-state index contributed by atoms with van der Waals surface area (Å²) < 4.78 is 11.7. The van der Waals surface area contributed by atoms with Crippen molar-refractivity contribution in [1.82, 2.24) is 0 Å². The summed E-state index contributed by atoms with van der Waals surface area (Å²) in [6.07, 6.45) is 1.35. The van der Waals surface area contributed by atoms with Crippen LogP contribution in [0.3, 0.4) is 0 Å². The first-order chi connectivity index (χ1) is 8.61. The second-order valence-electron chi connectivity index (χ2n) is 5.04. The molecule has 1 aromatic rings. The third-order valence-electron chi connectivity index (χ3n) is 3.07. The molecular formula is C14H19NO3. The van der Waals surface area contributed by atoms with Gasteiger partial charge in [0.2, 0.25) is 0 Å². The fraction of sp³-hybridized carbons (Fsp3) is 0.571. The number of hydrogen-bond donors (Lipinski definition) is 0.